The number of hydrogen-bond donors (Lipinski definition) is 3. The fourth-order valence-electron chi connectivity index (χ4n) is 3.44. The molecule has 1 unspecified atom stereocenters. The molecule has 0 aliphatic carbocycles. The number of carbonyl (C=O) groups is 2. The first-order valence-corrected chi connectivity index (χ1v) is 15.9. The lowest BCUT2D eigenvalue weighted by atomic mass is 10.0. The molecule has 0 heterocycles. The molecule has 0 aliphatic heterocycles. The molecule has 0 saturated heterocycles. The number of carbonyl (C=O) groups excluding carboxylic acids is 2. The minimum Gasteiger partial charge on any atom is -0.508 e. The Labute approximate surface area is 245 Å². The molecule has 2 rings (SSSR count). The van der Waals surface area contributed by atoms with Crippen LogP contribution in [0.25, 0.3) is 0 Å². The minimum atomic E-state index is -3.68. The second kappa shape index (κ2) is 15.0. The molecule has 0 aliphatic rings. The molecular formula is C26H35Br2N2O8P. The Morgan fingerprint density at radius 1 is 0.897 bits per heavy atom. The van der Waals surface area contributed by atoms with Crippen molar-refractivity contribution in [2.75, 3.05) is 19.6 Å². The Morgan fingerprint density at radius 2 is 1.41 bits per heavy atom. The number of rotatable bonds is 14. The summed E-state index contributed by atoms with van der Waals surface area (Å²) in [4.78, 5) is 24.3. The van der Waals surface area contributed by atoms with Gasteiger partial charge in [0, 0.05) is 5.56 Å². The van der Waals surface area contributed by atoms with Crippen molar-refractivity contribution < 1.29 is 38.2 Å². The molecule has 3 atom stereocenters. The predicted molar refractivity (Wildman–Crippen MR) is 156 cm³/mol. The van der Waals surface area contributed by atoms with Crippen LogP contribution in [-0.2, 0) is 23.6 Å². The highest BCUT2D eigenvalue weighted by Crippen LogP contribution is 2.43. The monoisotopic (exact) mass is 692 g/mol. The summed E-state index contributed by atoms with van der Waals surface area (Å²) in [6.45, 7) is 10.6. The van der Waals surface area contributed by atoms with Crippen molar-refractivity contribution in [3.05, 3.63) is 44.8 Å². The van der Waals surface area contributed by atoms with Gasteiger partial charge in [-0.3, -0.25) is 14.2 Å². The quantitative estimate of drug-likeness (QED) is 0.150. The van der Waals surface area contributed by atoms with E-state index in [9.17, 15) is 19.3 Å². The van der Waals surface area contributed by atoms with Crippen molar-refractivity contribution in [3.63, 3.8) is 0 Å². The molecule has 0 bridgehead atoms. The molecule has 3 N–H and O–H groups in total. The Kier molecular flexibility index (Phi) is 12.8. The van der Waals surface area contributed by atoms with Gasteiger partial charge >= 0.3 is 11.9 Å². The molecule has 2 aromatic rings. The van der Waals surface area contributed by atoms with Crippen LogP contribution < -0.4 is 19.6 Å². The number of halogens is 2. The maximum Gasteiger partial charge on any atom is 0.323 e. The van der Waals surface area contributed by atoms with E-state index < -0.39 is 37.8 Å². The summed E-state index contributed by atoms with van der Waals surface area (Å²) in [7, 11) is -3.68. The summed E-state index contributed by atoms with van der Waals surface area (Å²) in [5, 5.41) is 15.6. The molecule has 216 valence electrons. The van der Waals surface area contributed by atoms with E-state index in [0.717, 1.165) is 5.56 Å². The van der Waals surface area contributed by atoms with E-state index in [1.165, 1.54) is 13.8 Å². The zero-order chi connectivity index (χ0) is 29.3. The second-order valence-electron chi connectivity index (χ2n) is 8.91. The van der Waals surface area contributed by atoms with Crippen LogP contribution in [0.2, 0.25) is 0 Å². The van der Waals surface area contributed by atoms with E-state index in [-0.39, 0.29) is 24.9 Å². The van der Waals surface area contributed by atoms with Gasteiger partial charge in [0.25, 0.3) is 0 Å². The smallest absolute Gasteiger partial charge is 0.323 e. The zero-order valence-electron chi connectivity index (χ0n) is 22.7. The van der Waals surface area contributed by atoms with Crippen molar-refractivity contribution in [1.82, 2.24) is 10.2 Å². The maximum absolute atomic E-state index is 13.8. The summed E-state index contributed by atoms with van der Waals surface area (Å²) < 4.78 is 36.8. The van der Waals surface area contributed by atoms with Crippen LogP contribution in [0.15, 0.2) is 39.3 Å². The third-order valence-electron chi connectivity index (χ3n) is 5.31. The van der Waals surface area contributed by atoms with Crippen LogP contribution in [0.4, 0.5) is 0 Å². The second-order valence-corrected chi connectivity index (χ2v) is 12.9. The summed E-state index contributed by atoms with van der Waals surface area (Å²) in [5.41, 5.74) is 0.754. The standard InChI is InChI=1S/C26H35Br2N2O8P/c1-7-35-25(32)16(5)29-39(34,30-17(6)26(33)36-8-2)14-37-19-12-21(27)24(22(28)13-19)38-18-9-10-23(31)20(11-18)15(3)4/h9-13,15-17,31H,7-8,14H2,1-6H3,(H2,29,30,34)/t16-,17+,39?. The molecule has 10 nitrogen and oxygen atoms in total. The number of phenolic OH excluding ortho intramolecular Hbond substituents is 1. The SMILES string of the molecule is CCOC(=O)[C@H](C)NP(=O)(COc1cc(Br)c(Oc2ccc(O)c(C(C)C)c2)c(Br)c1)N[C@H](C)C(=O)OCC. The molecule has 0 spiro atoms. The van der Waals surface area contributed by atoms with Crippen LogP contribution in [0.3, 0.4) is 0 Å². The maximum atomic E-state index is 13.8. The van der Waals surface area contributed by atoms with E-state index in [4.69, 9.17) is 18.9 Å². The highest BCUT2D eigenvalue weighted by atomic mass is 79.9. The fourth-order valence-corrected chi connectivity index (χ4v) is 6.76. The number of aromatic hydroxyl groups is 1. The third kappa shape index (κ3) is 9.79. The summed E-state index contributed by atoms with van der Waals surface area (Å²) in [5.74, 6) is 0.452. The summed E-state index contributed by atoms with van der Waals surface area (Å²) in [6.07, 6.45) is -0.394. The number of nitrogens with one attached hydrogen (secondary N) is 2. The molecule has 0 aromatic heterocycles. The number of hydrogen-bond acceptors (Lipinski definition) is 8. The number of esters is 2. The summed E-state index contributed by atoms with van der Waals surface area (Å²) in [6, 6.07) is 6.42. The van der Waals surface area contributed by atoms with Gasteiger partial charge in [-0.25, -0.2) is 10.2 Å². The number of ether oxygens (including phenoxy) is 4. The number of phenols is 1. The fraction of sp³-hybridized carbons (Fsp3) is 0.462. The lowest BCUT2D eigenvalue weighted by Gasteiger charge is -2.26. The van der Waals surface area contributed by atoms with E-state index in [0.29, 0.717) is 26.2 Å². The molecule has 0 radical (unpaired) electrons. The number of benzene rings is 2. The normalized spacial score (nSPS) is 14.3. The highest BCUT2D eigenvalue weighted by Gasteiger charge is 2.32. The molecule has 13 heteroatoms. The lowest BCUT2D eigenvalue weighted by Crippen LogP contribution is -2.43. The average molecular weight is 694 g/mol. The van der Waals surface area contributed by atoms with Crippen LogP contribution in [-0.4, -0.2) is 48.7 Å². The molecular weight excluding hydrogens is 659 g/mol. The Bertz CT molecular complexity index is 1160. The zero-order valence-corrected chi connectivity index (χ0v) is 26.8. The van der Waals surface area contributed by atoms with Crippen molar-refractivity contribution >= 4 is 51.2 Å². The molecule has 0 saturated carbocycles. The first kappa shape index (κ1) is 33.1. The topological polar surface area (TPSA) is 132 Å². The van der Waals surface area contributed by atoms with Gasteiger partial charge in [-0.2, -0.15) is 0 Å². The molecule has 39 heavy (non-hydrogen) atoms. The van der Waals surface area contributed by atoms with Crippen molar-refractivity contribution in [2.45, 2.75) is 59.5 Å². The van der Waals surface area contributed by atoms with Crippen LogP contribution >= 0.6 is 39.3 Å². The largest absolute Gasteiger partial charge is 0.508 e. The van der Waals surface area contributed by atoms with Gasteiger partial charge in [-0.05, 0) is 95.8 Å². The molecule has 2 aromatic carbocycles. The van der Waals surface area contributed by atoms with Gasteiger partial charge < -0.3 is 24.1 Å². The highest BCUT2D eigenvalue weighted by molar-refractivity contribution is 9.11. The lowest BCUT2D eigenvalue weighted by molar-refractivity contribution is -0.145. The van der Waals surface area contributed by atoms with Crippen molar-refractivity contribution in [2.24, 2.45) is 0 Å². The van der Waals surface area contributed by atoms with E-state index >= 15 is 0 Å². The Balaban J connectivity index is 2.25. The Morgan fingerprint density at radius 3 is 1.87 bits per heavy atom. The van der Waals surface area contributed by atoms with Crippen molar-refractivity contribution in [1.29, 1.82) is 0 Å². The first-order valence-electron chi connectivity index (χ1n) is 12.4. The van der Waals surface area contributed by atoms with E-state index in [1.54, 1.807) is 44.2 Å². The van der Waals surface area contributed by atoms with Gasteiger partial charge in [0.15, 0.2) is 12.1 Å². The van der Waals surface area contributed by atoms with Gasteiger partial charge in [-0.1, -0.05) is 13.8 Å². The Hall–Kier alpha value is -2.11. The van der Waals surface area contributed by atoms with Gasteiger partial charge in [0.1, 0.15) is 29.3 Å². The minimum absolute atomic E-state index is 0.104. The van der Waals surface area contributed by atoms with Gasteiger partial charge in [-0.15, -0.1) is 0 Å². The predicted octanol–water partition coefficient (Wildman–Crippen LogP) is 6.44. The van der Waals surface area contributed by atoms with Crippen LogP contribution in [0.5, 0.6) is 23.0 Å². The molecule has 0 amide bonds. The van der Waals surface area contributed by atoms with E-state index in [1.807, 2.05) is 13.8 Å². The van der Waals surface area contributed by atoms with Gasteiger partial charge in [0.05, 0.1) is 22.2 Å². The van der Waals surface area contributed by atoms with Gasteiger partial charge in [0.2, 0.25) is 7.44 Å². The average Bonchev–Trinajstić information content (AvgIpc) is 2.86. The summed E-state index contributed by atoms with van der Waals surface area (Å²) >= 11 is 6.97. The van der Waals surface area contributed by atoms with E-state index in [2.05, 4.69) is 42.0 Å². The third-order valence-corrected chi connectivity index (χ3v) is 8.59. The van der Waals surface area contributed by atoms with Crippen LogP contribution in [0, 0.1) is 0 Å². The molecule has 0 fully saturated rings. The van der Waals surface area contributed by atoms with Crippen LogP contribution in [0.1, 0.15) is 53.0 Å². The first-order chi connectivity index (χ1) is 18.3. The van der Waals surface area contributed by atoms with Crippen molar-refractivity contribution in [3.8, 4) is 23.0 Å².